The highest BCUT2D eigenvalue weighted by Gasteiger charge is 2.27. The summed E-state index contributed by atoms with van der Waals surface area (Å²) in [6.45, 7) is 4.39. The van der Waals surface area contributed by atoms with Gasteiger partial charge in [-0.3, -0.25) is 4.90 Å². The molecule has 2 aromatic rings. The third-order valence-electron chi connectivity index (χ3n) is 3.52. The summed E-state index contributed by atoms with van der Waals surface area (Å²) in [5.41, 5.74) is 7.24. The van der Waals surface area contributed by atoms with Crippen LogP contribution in [0.2, 0.25) is 0 Å². The number of rotatable bonds is 3. The molecule has 0 aliphatic carbocycles. The lowest BCUT2D eigenvalue weighted by molar-refractivity contribution is 0.174. The highest BCUT2D eigenvalue weighted by Crippen LogP contribution is 2.36. The molecule has 0 saturated carbocycles. The van der Waals surface area contributed by atoms with Crippen molar-refractivity contribution in [2.45, 2.75) is 32.4 Å². The molecule has 0 fully saturated rings. The van der Waals surface area contributed by atoms with Crippen LogP contribution in [0.25, 0.3) is 0 Å². The molecule has 0 amide bonds. The Morgan fingerprint density at radius 3 is 3.17 bits per heavy atom. The summed E-state index contributed by atoms with van der Waals surface area (Å²) in [5.74, 6) is 0. The molecule has 1 atom stereocenters. The Morgan fingerprint density at radius 1 is 1.56 bits per heavy atom. The number of hydrogen-bond acceptors (Lipinski definition) is 5. The van der Waals surface area contributed by atoms with E-state index in [0.29, 0.717) is 11.2 Å². The van der Waals surface area contributed by atoms with Crippen LogP contribution in [-0.4, -0.2) is 16.4 Å². The number of fused-ring (bicyclic) bond motifs is 1. The summed E-state index contributed by atoms with van der Waals surface area (Å²) in [7, 11) is 0. The lowest BCUT2D eigenvalue weighted by Crippen LogP contribution is -2.33. The van der Waals surface area contributed by atoms with Crippen molar-refractivity contribution in [1.82, 2.24) is 9.88 Å². The number of nitrogens with two attached hydrogens (primary N) is 1. The molecule has 0 saturated heterocycles. The molecular formula is C13H17N3S2. The highest BCUT2D eigenvalue weighted by atomic mass is 32.1. The second-order valence-corrected chi connectivity index (χ2v) is 6.76. The van der Waals surface area contributed by atoms with E-state index in [1.165, 1.54) is 16.9 Å². The standard InChI is InChI=1S/C13H17N3S2/c1-2-11-10-4-6-17-12(10)3-5-16(11)8-9-7-15-13(14)18-9/h4,6-7,11H,2-3,5,8H2,1H3,(H2,14,15). The van der Waals surface area contributed by atoms with E-state index in [-0.39, 0.29) is 0 Å². The number of nitrogens with zero attached hydrogens (tertiary/aromatic N) is 2. The van der Waals surface area contributed by atoms with Crippen molar-refractivity contribution in [2.75, 3.05) is 12.3 Å². The molecule has 0 bridgehead atoms. The first-order valence-electron chi connectivity index (χ1n) is 6.28. The van der Waals surface area contributed by atoms with Crippen molar-refractivity contribution in [3.8, 4) is 0 Å². The van der Waals surface area contributed by atoms with Gasteiger partial charge in [0, 0.05) is 35.1 Å². The van der Waals surface area contributed by atoms with Crippen molar-refractivity contribution < 1.29 is 0 Å². The van der Waals surface area contributed by atoms with Crippen LogP contribution in [0.5, 0.6) is 0 Å². The summed E-state index contributed by atoms with van der Waals surface area (Å²) >= 11 is 3.51. The third-order valence-corrected chi connectivity index (χ3v) is 5.33. The molecule has 0 aromatic carbocycles. The normalized spacial score (nSPS) is 19.9. The quantitative estimate of drug-likeness (QED) is 0.937. The first kappa shape index (κ1) is 12.1. The fourth-order valence-corrected chi connectivity index (χ4v) is 4.35. The topological polar surface area (TPSA) is 42.2 Å². The van der Waals surface area contributed by atoms with E-state index >= 15 is 0 Å². The van der Waals surface area contributed by atoms with E-state index in [1.807, 2.05) is 17.5 Å². The van der Waals surface area contributed by atoms with Crippen molar-refractivity contribution in [1.29, 1.82) is 0 Å². The van der Waals surface area contributed by atoms with Crippen LogP contribution < -0.4 is 5.73 Å². The van der Waals surface area contributed by atoms with Crippen molar-refractivity contribution in [3.63, 3.8) is 0 Å². The molecule has 0 spiro atoms. The molecule has 2 aromatic heterocycles. The molecular weight excluding hydrogens is 262 g/mol. The van der Waals surface area contributed by atoms with Crippen LogP contribution in [0.4, 0.5) is 5.13 Å². The molecule has 3 nitrogen and oxygen atoms in total. The van der Waals surface area contributed by atoms with E-state index < -0.39 is 0 Å². The van der Waals surface area contributed by atoms with Gasteiger partial charge in [0.05, 0.1) is 0 Å². The average Bonchev–Trinajstić information content (AvgIpc) is 2.98. The molecule has 2 N–H and O–H groups in total. The molecule has 18 heavy (non-hydrogen) atoms. The predicted octanol–water partition coefficient (Wildman–Crippen LogP) is 3.30. The van der Waals surface area contributed by atoms with Gasteiger partial charge in [-0.15, -0.1) is 22.7 Å². The molecule has 0 radical (unpaired) electrons. The van der Waals surface area contributed by atoms with Gasteiger partial charge in [-0.25, -0.2) is 4.98 Å². The van der Waals surface area contributed by atoms with Crippen LogP contribution in [-0.2, 0) is 13.0 Å². The SMILES string of the molecule is CCC1c2ccsc2CCN1Cc1cnc(N)s1. The second-order valence-electron chi connectivity index (χ2n) is 4.61. The van der Waals surface area contributed by atoms with Crippen molar-refractivity contribution >= 4 is 27.8 Å². The largest absolute Gasteiger partial charge is 0.375 e. The lowest BCUT2D eigenvalue weighted by Gasteiger charge is -2.35. The van der Waals surface area contributed by atoms with Crippen LogP contribution in [0.1, 0.15) is 34.7 Å². The average molecular weight is 279 g/mol. The zero-order valence-corrected chi connectivity index (χ0v) is 12.1. The van der Waals surface area contributed by atoms with E-state index in [0.717, 1.165) is 19.5 Å². The van der Waals surface area contributed by atoms with Gasteiger partial charge in [-0.2, -0.15) is 0 Å². The number of aromatic nitrogens is 1. The van der Waals surface area contributed by atoms with Gasteiger partial charge in [-0.1, -0.05) is 6.92 Å². The molecule has 1 unspecified atom stereocenters. The Balaban J connectivity index is 1.81. The maximum Gasteiger partial charge on any atom is 0.180 e. The minimum absolute atomic E-state index is 0.559. The van der Waals surface area contributed by atoms with Crippen LogP contribution in [0.15, 0.2) is 17.6 Å². The van der Waals surface area contributed by atoms with E-state index in [1.54, 1.807) is 16.2 Å². The van der Waals surface area contributed by atoms with Gasteiger partial charge >= 0.3 is 0 Å². The van der Waals surface area contributed by atoms with Gasteiger partial charge in [0.1, 0.15) is 0 Å². The fourth-order valence-electron chi connectivity index (χ4n) is 2.71. The van der Waals surface area contributed by atoms with E-state index in [9.17, 15) is 0 Å². The summed E-state index contributed by atoms with van der Waals surface area (Å²) in [5, 5.41) is 2.90. The fraction of sp³-hybridized carbons (Fsp3) is 0.462. The number of nitrogen functional groups attached to an aromatic ring is 1. The number of thiazole rings is 1. The first-order chi connectivity index (χ1) is 8.78. The number of hydrogen-bond donors (Lipinski definition) is 1. The maximum absolute atomic E-state index is 5.70. The molecule has 1 aliphatic heterocycles. The Bertz CT molecular complexity index is 532. The Morgan fingerprint density at radius 2 is 2.44 bits per heavy atom. The van der Waals surface area contributed by atoms with Gasteiger partial charge in [0.25, 0.3) is 0 Å². The van der Waals surface area contributed by atoms with Crippen molar-refractivity contribution in [2.24, 2.45) is 0 Å². The Hall–Kier alpha value is -0.910. The minimum Gasteiger partial charge on any atom is -0.375 e. The van der Waals surface area contributed by atoms with Crippen molar-refractivity contribution in [3.05, 3.63) is 33.0 Å². The third kappa shape index (κ3) is 2.18. The molecule has 5 heteroatoms. The molecule has 96 valence electrons. The van der Waals surface area contributed by atoms with Gasteiger partial charge in [0.2, 0.25) is 0 Å². The van der Waals surface area contributed by atoms with Gasteiger partial charge < -0.3 is 5.73 Å². The van der Waals surface area contributed by atoms with Gasteiger partial charge in [0.15, 0.2) is 5.13 Å². The second kappa shape index (κ2) is 4.99. The summed E-state index contributed by atoms with van der Waals surface area (Å²) in [6, 6.07) is 2.85. The van der Waals surface area contributed by atoms with E-state index in [2.05, 4.69) is 28.3 Å². The zero-order chi connectivity index (χ0) is 12.5. The number of thiophene rings is 1. The summed E-state index contributed by atoms with van der Waals surface area (Å²) < 4.78 is 0. The Kier molecular flexibility index (Phi) is 3.37. The van der Waals surface area contributed by atoms with Crippen LogP contribution >= 0.6 is 22.7 Å². The molecule has 3 heterocycles. The predicted molar refractivity (Wildman–Crippen MR) is 78.0 cm³/mol. The smallest absolute Gasteiger partial charge is 0.180 e. The summed E-state index contributed by atoms with van der Waals surface area (Å²) in [6.07, 6.45) is 4.26. The first-order valence-corrected chi connectivity index (χ1v) is 7.98. The van der Waals surface area contributed by atoms with E-state index in [4.69, 9.17) is 5.73 Å². The zero-order valence-electron chi connectivity index (χ0n) is 10.4. The number of anilines is 1. The molecule has 1 aliphatic rings. The van der Waals surface area contributed by atoms with Gasteiger partial charge in [-0.05, 0) is 29.9 Å². The molecule has 3 rings (SSSR count). The minimum atomic E-state index is 0.559. The monoisotopic (exact) mass is 279 g/mol. The maximum atomic E-state index is 5.70. The van der Waals surface area contributed by atoms with Crippen LogP contribution in [0.3, 0.4) is 0 Å². The summed E-state index contributed by atoms with van der Waals surface area (Å²) in [4.78, 5) is 9.54. The lowest BCUT2D eigenvalue weighted by atomic mass is 9.98. The Labute approximate surface area is 115 Å². The van der Waals surface area contributed by atoms with Crippen LogP contribution in [0, 0.1) is 0 Å². The highest BCUT2D eigenvalue weighted by molar-refractivity contribution is 7.15.